The van der Waals surface area contributed by atoms with E-state index in [-0.39, 0.29) is 17.5 Å². The number of hydrogen-bond acceptors (Lipinski definition) is 3. The number of amides is 2. The van der Waals surface area contributed by atoms with E-state index in [1.54, 1.807) is 37.4 Å². The highest BCUT2D eigenvalue weighted by atomic mass is 35.5. The van der Waals surface area contributed by atoms with E-state index in [9.17, 15) is 9.59 Å². The molecule has 0 unspecified atom stereocenters. The summed E-state index contributed by atoms with van der Waals surface area (Å²) < 4.78 is 0. The molecule has 0 saturated heterocycles. The third-order valence-electron chi connectivity index (χ3n) is 2.56. The fourth-order valence-corrected chi connectivity index (χ4v) is 1.77. The van der Waals surface area contributed by atoms with E-state index >= 15 is 0 Å². The van der Waals surface area contributed by atoms with Crippen LogP contribution in [0.15, 0.2) is 42.6 Å². The number of carbonyl (C=O) groups excluding carboxylic acids is 2. The molecule has 0 aliphatic heterocycles. The standard InChI is InChI=1S/C14H12ClN3O2/c1-16-13(19)9-3-2-4-11(7-9)18-14(20)12-8-10(15)5-6-17-12/h2-8H,1H3,(H,16,19)(H,18,20). The molecule has 2 N–H and O–H groups in total. The van der Waals surface area contributed by atoms with E-state index in [0.717, 1.165) is 0 Å². The summed E-state index contributed by atoms with van der Waals surface area (Å²) in [5, 5.41) is 5.62. The van der Waals surface area contributed by atoms with Crippen molar-refractivity contribution in [2.75, 3.05) is 12.4 Å². The molecule has 6 heteroatoms. The van der Waals surface area contributed by atoms with E-state index in [0.29, 0.717) is 16.3 Å². The van der Waals surface area contributed by atoms with Crippen LogP contribution in [-0.4, -0.2) is 23.8 Å². The first-order valence-electron chi connectivity index (χ1n) is 5.85. The number of carbonyl (C=O) groups is 2. The van der Waals surface area contributed by atoms with Gasteiger partial charge in [-0.1, -0.05) is 17.7 Å². The largest absolute Gasteiger partial charge is 0.355 e. The van der Waals surface area contributed by atoms with Gasteiger partial charge in [-0.25, -0.2) is 0 Å². The lowest BCUT2D eigenvalue weighted by molar-refractivity contribution is 0.0961. The van der Waals surface area contributed by atoms with Crippen molar-refractivity contribution in [2.24, 2.45) is 0 Å². The van der Waals surface area contributed by atoms with Gasteiger partial charge in [0.05, 0.1) is 0 Å². The van der Waals surface area contributed by atoms with Crippen LogP contribution >= 0.6 is 11.6 Å². The van der Waals surface area contributed by atoms with E-state index in [4.69, 9.17) is 11.6 Å². The summed E-state index contributed by atoms with van der Waals surface area (Å²) in [7, 11) is 1.55. The van der Waals surface area contributed by atoms with Crippen molar-refractivity contribution in [3.05, 3.63) is 58.9 Å². The summed E-state index contributed by atoms with van der Waals surface area (Å²) in [6, 6.07) is 9.68. The third-order valence-corrected chi connectivity index (χ3v) is 2.80. The van der Waals surface area contributed by atoms with Crippen LogP contribution in [0.25, 0.3) is 0 Å². The van der Waals surface area contributed by atoms with Crippen molar-refractivity contribution in [3.63, 3.8) is 0 Å². The normalized spacial score (nSPS) is 9.90. The third kappa shape index (κ3) is 3.33. The van der Waals surface area contributed by atoms with Crippen LogP contribution in [0.5, 0.6) is 0 Å². The van der Waals surface area contributed by atoms with Gasteiger partial charge in [-0.3, -0.25) is 14.6 Å². The number of nitrogens with one attached hydrogen (secondary N) is 2. The van der Waals surface area contributed by atoms with E-state index in [2.05, 4.69) is 15.6 Å². The van der Waals surface area contributed by atoms with E-state index in [1.807, 2.05) is 0 Å². The van der Waals surface area contributed by atoms with Gasteiger partial charge < -0.3 is 10.6 Å². The van der Waals surface area contributed by atoms with Crippen molar-refractivity contribution >= 4 is 29.1 Å². The Kier molecular flexibility index (Phi) is 4.32. The molecule has 0 bridgehead atoms. The van der Waals surface area contributed by atoms with E-state index < -0.39 is 0 Å². The zero-order valence-corrected chi connectivity index (χ0v) is 11.4. The van der Waals surface area contributed by atoms with Gasteiger partial charge in [-0.15, -0.1) is 0 Å². The number of anilines is 1. The highest BCUT2D eigenvalue weighted by Gasteiger charge is 2.09. The zero-order chi connectivity index (χ0) is 14.5. The maximum Gasteiger partial charge on any atom is 0.274 e. The quantitative estimate of drug-likeness (QED) is 0.911. The predicted molar refractivity (Wildman–Crippen MR) is 77.0 cm³/mol. The monoisotopic (exact) mass is 289 g/mol. The molecule has 0 aliphatic rings. The van der Waals surface area contributed by atoms with Crippen LogP contribution in [0.2, 0.25) is 5.02 Å². The molecule has 0 fully saturated rings. The van der Waals surface area contributed by atoms with Crippen molar-refractivity contribution < 1.29 is 9.59 Å². The van der Waals surface area contributed by atoms with Crippen LogP contribution in [0.3, 0.4) is 0 Å². The Morgan fingerprint density at radius 3 is 2.65 bits per heavy atom. The zero-order valence-electron chi connectivity index (χ0n) is 10.7. The van der Waals surface area contributed by atoms with E-state index in [1.165, 1.54) is 12.3 Å². The Morgan fingerprint density at radius 1 is 1.15 bits per heavy atom. The van der Waals surface area contributed by atoms with Gasteiger partial charge in [0.1, 0.15) is 5.69 Å². The summed E-state index contributed by atoms with van der Waals surface area (Å²) in [5.74, 6) is -0.608. The fraction of sp³-hybridized carbons (Fsp3) is 0.0714. The van der Waals surface area contributed by atoms with Gasteiger partial charge >= 0.3 is 0 Å². The van der Waals surface area contributed by atoms with Gasteiger partial charge in [0.25, 0.3) is 11.8 Å². The number of aromatic nitrogens is 1. The molecule has 1 aromatic carbocycles. The lowest BCUT2D eigenvalue weighted by Gasteiger charge is -2.06. The first-order chi connectivity index (χ1) is 9.60. The number of halogens is 1. The average Bonchev–Trinajstić information content (AvgIpc) is 2.46. The Balaban J connectivity index is 2.18. The Morgan fingerprint density at radius 2 is 1.95 bits per heavy atom. The molecule has 0 saturated carbocycles. The Bertz CT molecular complexity index is 658. The van der Waals surface area contributed by atoms with Crippen LogP contribution in [0.1, 0.15) is 20.8 Å². The molecule has 2 rings (SSSR count). The topological polar surface area (TPSA) is 71.1 Å². The Labute approximate surface area is 121 Å². The van der Waals surface area contributed by atoms with Crippen molar-refractivity contribution in [2.45, 2.75) is 0 Å². The molecular formula is C14H12ClN3O2. The molecule has 20 heavy (non-hydrogen) atoms. The lowest BCUT2D eigenvalue weighted by Crippen LogP contribution is -2.18. The first kappa shape index (κ1) is 14.0. The molecule has 0 spiro atoms. The molecule has 5 nitrogen and oxygen atoms in total. The summed E-state index contributed by atoms with van der Waals surface area (Å²) in [6.45, 7) is 0. The molecule has 0 radical (unpaired) electrons. The lowest BCUT2D eigenvalue weighted by atomic mass is 10.2. The molecule has 102 valence electrons. The Hall–Kier alpha value is -2.40. The van der Waals surface area contributed by atoms with Gasteiger partial charge in [-0.2, -0.15) is 0 Å². The van der Waals surface area contributed by atoms with Crippen molar-refractivity contribution in [1.82, 2.24) is 10.3 Å². The van der Waals surface area contributed by atoms with Crippen LogP contribution in [0, 0.1) is 0 Å². The first-order valence-corrected chi connectivity index (χ1v) is 6.23. The highest BCUT2D eigenvalue weighted by Crippen LogP contribution is 2.13. The fourth-order valence-electron chi connectivity index (χ4n) is 1.61. The second-order valence-electron chi connectivity index (χ2n) is 3.97. The summed E-state index contributed by atoms with van der Waals surface area (Å²) in [6.07, 6.45) is 1.46. The minimum atomic E-state index is -0.387. The molecule has 2 amide bonds. The minimum Gasteiger partial charge on any atom is -0.355 e. The number of benzene rings is 1. The minimum absolute atomic E-state index is 0.211. The molecular weight excluding hydrogens is 278 g/mol. The van der Waals surface area contributed by atoms with Gasteiger partial charge in [-0.05, 0) is 30.3 Å². The van der Waals surface area contributed by atoms with Crippen LogP contribution in [0.4, 0.5) is 5.69 Å². The van der Waals surface area contributed by atoms with Crippen LogP contribution < -0.4 is 10.6 Å². The molecule has 1 heterocycles. The summed E-state index contributed by atoms with van der Waals surface area (Å²) in [4.78, 5) is 27.4. The molecule has 0 aliphatic carbocycles. The molecule has 0 atom stereocenters. The van der Waals surface area contributed by atoms with Crippen molar-refractivity contribution in [3.8, 4) is 0 Å². The smallest absolute Gasteiger partial charge is 0.274 e. The maximum absolute atomic E-state index is 12.0. The molecule has 1 aromatic heterocycles. The number of nitrogens with zero attached hydrogens (tertiary/aromatic N) is 1. The highest BCUT2D eigenvalue weighted by molar-refractivity contribution is 6.30. The summed E-state index contributed by atoms with van der Waals surface area (Å²) in [5.41, 5.74) is 1.19. The number of pyridine rings is 1. The number of rotatable bonds is 3. The average molecular weight is 290 g/mol. The predicted octanol–water partition coefficient (Wildman–Crippen LogP) is 2.35. The number of hydrogen-bond donors (Lipinski definition) is 2. The van der Waals surface area contributed by atoms with Crippen LogP contribution in [-0.2, 0) is 0 Å². The molecule has 2 aromatic rings. The van der Waals surface area contributed by atoms with Crippen molar-refractivity contribution in [1.29, 1.82) is 0 Å². The van der Waals surface area contributed by atoms with Gasteiger partial charge in [0.2, 0.25) is 0 Å². The second-order valence-corrected chi connectivity index (χ2v) is 4.41. The van der Waals surface area contributed by atoms with Gasteiger partial charge in [0, 0.05) is 29.5 Å². The van der Waals surface area contributed by atoms with Gasteiger partial charge in [0.15, 0.2) is 0 Å². The second kappa shape index (κ2) is 6.16. The summed E-state index contributed by atoms with van der Waals surface area (Å²) >= 11 is 5.80. The maximum atomic E-state index is 12.0. The SMILES string of the molecule is CNC(=O)c1cccc(NC(=O)c2cc(Cl)ccn2)c1.